The summed E-state index contributed by atoms with van der Waals surface area (Å²) < 4.78 is 0. The summed E-state index contributed by atoms with van der Waals surface area (Å²) >= 11 is 3.96. The zero-order valence-electron chi connectivity index (χ0n) is 16.1. The standard InChI is InChI=1S/C12H15NO2S2.C7H12O2S/c1-9(14)7-11(10(2)15)8-16-17-12-5-3-4-6-13-12;1-5(8)3-7(4-10)6(2)9/h3-6,11H,7-8H2,1-2H3;7,10H,3-4H2,1-2H3/t11-;7-/m00/s1. The molecule has 1 aromatic rings. The van der Waals surface area contributed by atoms with Crippen LogP contribution in [-0.2, 0) is 19.2 Å². The second-order valence-electron chi connectivity index (χ2n) is 6.15. The van der Waals surface area contributed by atoms with Crippen LogP contribution in [0.3, 0.4) is 0 Å². The molecule has 2 atom stereocenters. The Balaban J connectivity index is 0.000000580. The minimum atomic E-state index is -0.180. The lowest BCUT2D eigenvalue weighted by Gasteiger charge is -2.10. The predicted molar refractivity (Wildman–Crippen MR) is 115 cm³/mol. The van der Waals surface area contributed by atoms with E-state index in [1.54, 1.807) is 23.9 Å². The summed E-state index contributed by atoms with van der Waals surface area (Å²) in [6.07, 6.45) is 2.41. The number of aromatic nitrogens is 1. The highest BCUT2D eigenvalue weighted by Gasteiger charge is 2.16. The average molecular weight is 430 g/mol. The number of thiol groups is 1. The average Bonchev–Trinajstić information content (AvgIpc) is 2.59. The SMILES string of the molecule is CC(=O)C[C@@H](CS)C(C)=O.CC(=O)C[C@@H](CSSc1ccccn1)C(C)=O. The Hall–Kier alpha value is -1.12. The first-order chi connectivity index (χ1) is 12.7. The fourth-order valence-electron chi connectivity index (χ4n) is 1.92. The van der Waals surface area contributed by atoms with Gasteiger partial charge in [-0.3, -0.25) is 9.59 Å². The van der Waals surface area contributed by atoms with Crippen LogP contribution in [0.15, 0.2) is 29.4 Å². The number of rotatable bonds is 11. The van der Waals surface area contributed by atoms with Gasteiger partial charge in [0.05, 0.1) is 0 Å². The van der Waals surface area contributed by atoms with Gasteiger partial charge < -0.3 is 9.59 Å². The van der Waals surface area contributed by atoms with Gasteiger partial charge in [0.25, 0.3) is 0 Å². The second-order valence-corrected chi connectivity index (χ2v) is 8.87. The molecule has 0 aromatic carbocycles. The number of pyridine rings is 1. The predicted octanol–water partition coefficient (Wildman–Crippen LogP) is 4.11. The third-order valence-corrected chi connectivity index (χ3v) is 6.27. The van der Waals surface area contributed by atoms with Crippen LogP contribution in [0.1, 0.15) is 40.5 Å². The lowest BCUT2D eigenvalue weighted by molar-refractivity contribution is -0.125. The maximum absolute atomic E-state index is 11.3. The van der Waals surface area contributed by atoms with Crippen LogP contribution in [0, 0.1) is 11.8 Å². The van der Waals surface area contributed by atoms with Gasteiger partial charge in [0.2, 0.25) is 0 Å². The Labute approximate surface area is 174 Å². The monoisotopic (exact) mass is 429 g/mol. The van der Waals surface area contributed by atoms with Crippen LogP contribution in [0.4, 0.5) is 0 Å². The van der Waals surface area contributed by atoms with E-state index in [4.69, 9.17) is 0 Å². The summed E-state index contributed by atoms with van der Waals surface area (Å²) in [4.78, 5) is 47.8. The molecule has 0 unspecified atom stereocenters. The van der Waals surface area contributed by atoms with Gasteiger partial charge in [-0.25, -0.2) is 4.98 Å². The van der Waals surface area contributed by atoms with Gasteiger partial charge in [-0.05, 0) is 50.6 Å². The Morgan fingerprint density at radius 3 is 1.89 bits per heavy atom. The summed E-state index contributed by atoms with van der Waals surface area (Å²) in [7, 11) is 3.10. The van der Waals surface area contributed by atoms with E-state index in [1.807, 2.05) is 18.2 Å². The Morgan fingerprint density at radius 1 is 0.963 bits per heavy atom. The van der Waals surface area contributed by atoms with Gasteiger partial charge >= 0.3 is 0 Å². The molecule has 1 rings (SSSR count). The zero-order valence-corrected chi connectivity index (χ0v) is 18.7. The normalized spacial score (nSPS) is 12.3. The number of nitrogens with zero attached hydrogens (tertiary/aromatic N) is 1. The van der Waals surface area contributed by atoms with E-state index in [2.05, 4.69) is 17.6 Å². The minimum Gasteiger partial charge on any atom is -0.300 e. The van der Waals surface area contributed by atoms with Crippen molar-refractivity contribution in [1.29, 1.82) is 0 Å². The van der Waals surface area contributed by atoms with Crippen molar-refractivity contribution in [2.75, 3.05) is 11.5 Å². The highest BCUT2D eigenvalue weighted by molar-refractivity contribution is 8.76. The Morgan fingerprint density at radius 2 is 1.52 bits per heavy atom. The molecule has 0 amide bonds. The highest BCUT2D eigenvalue weighted by atomic mass is 33.1. The Kier molecular flexibility index (Phi) is 14.3. The molecule has 0 saturated heterocycles. The molecule has 0 fully saturated rings. The van der Waals surface area contributed by atoms with Gasteiger partial charge in [0.15, 0.2) is 0 Å². The Bertz CT molecular complexity index is 623. The zero-order chi connectivity index (χ0) is 20.8. The van der Waals surface area contributed by atoms with E-state index in [1.165, 1.54) is 31.6 Å². The van der Waals surface area contributed by atoms with E-state index in [-0.39, 0.29) is 35.0 Å². The summed E-state index contributed by atoms with van der Waals surface area (Å²) in [6, 6.07) is 5.71. The van der Waals surface area contributed by atoms with Crippen molar-refractivity contribution in [3.8, 4) is 0 Å². The van der Waals surface area contributed by atoms with Crippen molar-refractivity contribution in [3.63, 3.8) is 0 Å². The van der Waals surface area contributed by atoms with Gasteiger partial charge in [-0.1, -0.05) is 16.9 Å². The van der Waals surface area contributed by atoms with Crippen molar-refractivity contribution in [2.45, 2.75) is 45.6 Å². The maximum atomic E-state index is 11.3. The van der Waals surface area contributed by atoms with Crippen LogP contribution in [-0.4, -0.2) is 39.6 Å². The van der Waals surface area contributed by atoms with Crippen LogP contribution < -0.4 is 0 Å². The fraction of sp³-hybridized carbons (Fsp3) is 0.526. The molecule has 5 nitrogen and oxygen atoms in total. The van der Waals surface area contributed by atoms with Crippen LogP contribution in [0.2, 0.25) is 0 Å². The number of carbonyl (C=O) groups excluding carboxylic acids is 4. The molecule has 1 heterocycles. The maximum Gasteiger partial charge on any atom is 0.134 e. The van der Waals surface area contributed by atoms with Crippen molar-refractivity contribution in [2.24, 2.45) is 11.8 Å². The minimum absolute atomic E-state index is 0.0465. The molecular formula is C19H27NO4S3. The summed E-state index contributed by atoms with van der Waals surface area (Å²) in [6.45, 7) is 6.04. The van der Waals surface area contributed by atoms with E-state index in [0.29, 0.717) is 24.3 Å². The second kappa shape index (κ2) is 14.9. The number of Topliss-reactive ketones (excluding diaryl/α,β-unsaturated/α-hetero) is 4. The number of hydrogen-bond donors (Lipinski definition) is 1. The first-order valence-corrected chi connectivity index (χ1v) is 11.4. The van der Waals surface area contributed by atoms with Gasteiger partial charge in [-0.15, -0.1) is 0 Å². The lowest BCUT2D eigenvalue weighted by atomic mass is 10.0. The molecule has 0 spiro atoms. The molecule has 0 N–H and O–H groups in total. The molecule has 0 saturated carbocycles. The van der Waals surface area contributed by atoms with Crippen LogP contribution in [0.25, 0.3) is 0 Å². The largest absolute Gasteiger partial charge is 0.300 e. The summed E-state index contributed by atoms with van der Waals surface area (Å²) in [5.74, 6) is 1.00. The molecule has 27 heavy (non-hydrogen) atoms. The van der Waals surface area contributed by atoms with Crippen molar-refractivity contribution in [1.82, 2.24) is 4.98 Å². The van der Waals surface area contributed by atoms with Crippen LogP contribution >= 0.6 is 34.2 Å². The number of carbonyl (C=O) groups is 4. The van der Waals surface area contributed by atoms with Crippen molar-refractivity contribution >= 4 is 57.3 Å². The van der Waals surface area contributed by atoms with E-state index in [0.717, 1.165) is 5.03 Å². The lowest BCUT2D eigenvalue weighted by Crippen LogP contribution is -2.16. The molecule has 150 valence electrons. The van der Waals surface area contributed by atoms with E-state index >= 15 is 0 Å². The molecule has 0 bridgehead atoms. The van der Waals surface area contributed by atoms with Gasteiger partial charge in [-0.2, -0.15) is 12.6 Å². The smallest absolute Gasteiger partial charge is 0.134 e. The van der Waals surface area contributed by atoms with E-state index < -0.39 is 0 Å². The van der Waals surface area contributed by atoms with Crippen molar-refractivity contribution in [3.05, 3.63) is 24.4 Å². The first-order valence-electron chi connectivity index (χ1n) is 8.48. The van der Waals surface area contributed by atoms with Gasteiger partial charge in [0.1, 0.15) is 28.2 Å². The number of hydrogen-bond acceptors (Lipinski definition) is 8. The molecule has 0 aliphatic heterocycles. The highest BCUT2D eigenvalue weighted by Crippen LogP contribution is 2.31. The fourth-order valence-corrected chi connectivity index (χ4v) is 4.61. The summed E-state index contributed by atoms with van der Waals surface area (Å²) in [5, 5.41) is 0.919. The third-order valence-electron chi connectivity index (χ3n) is 3.49. The van der Waals surface area contributed by atoms with Gasteiger partial charge in [0, 0.05) is 42.4 Å². The quantitative estimate of drug-likeness (QED) is 0.419. The first kappa shape index (κ1) is 25.9. The van der Waals surface area contributed by atoms with Crippen molar-refractivity contribution < 1.29 is 19.2 Å². The third kappa shape index (κ3) is 13.7. The molecule has 0 aliphatic carbocycles. The number of ketones is 4. The summed E-state index contributed by atoms with van der Waals surface area (Å²) in [5.41, 5.74) is 0. The topological polar surface area (TPSA) is 81.2 Å². The van der Waals surface area contributed by atoms with Crippen LogP contribution in [0.5, 0.6) is 0 Å². The molecule has 0 aliphatic rings. The molecule has 8 heteroatoms. The molecule has 1 aromatic heterocycles. The molecular weight excluding hydrogens is 402 g/mol. The van der Waals surface area contributed by atoms with E-state index in [9.17, 15) is 19.2 Å². The molecule has 0 radical (unpaired) electrons.